The Labute approximate surface area is 198 Å². The number of aromatic nitrogens is 2. The van der Waals surface area contributed by atoms with Crippen molar-refractivity contribution in [3.05, 3.63) is 70.4 Å². The van der Waals surface area contributed by atoms with E-state index in [2.05, 4.69) is 45.6 Å². The Balaban J connectivity index is 1.17. The van der Waals surface area contributed by atoms with Crippen molar-refractivity contribution in [2.75, 3.05) is 19.6 Å². The molecule has 5 rings (SSSR count). The molecule has 3 heterocycles. The normalized spacial score (nSPS) is 16.4. The zero-order valence-electron chi connectivity index (χ0n) is 18.2. The Kier molecular flexibility index (Phi) is 6.26. The SMILES string of the molecule is Cn1nc(C(=O)NCC2CCN(Cc3ccc(Cl)cc3)CC2)c2c1-c1ccccc1SC2. The summed E-state index contributed by atoms with van der Waals surface area (Å²) in [6.45, 7) is 3.77. The van der Waals surface area contributed by atoms with Gasteiger partial charge in [-0.25, -0.2) is 0 Å². The van der Waals surface area contributed by atoms with Crippen molar-refractivity contribution >= 4 is 29.3 Å². The lowest BCUT2D eigenvalue weighted by atomic mass is 9.96. The molecule has 2 aromatic carbocycles. The summed E-state index contributed by atoms with van der Waals surface area (Å²) in [4.78, 5) is 16.7. The number of aryl methyl sites for hydroxylation is 1. The molecule has 0 bridgehead atoms. The monoisotopic (exact) mass is 466 g/mol. The summed E-state index contributed by atoms with van der Waals surface area (Å²) in [5.74, 6) is 1.24. The molecule has 1 amide bonds. The molecule has 0 atom stereocenters. The van der Waals surface area contributed by atoms with E-state index < -0.39 is 0 Å². The molecular formula is C25H27ClN4OS. The molecule has 166 valence electrons. The third-order valence-electron chi connectivity index (χ3n) is 6.45. The van der Waals surface area contributed by atoms with E-state index in [0.717, 1.165) is 54.5 Å². The number of carbonyl (C=O) groups is 1. The summed E-state index contributed by atoms with van der Waals surface area (Å²) in [5, 5.41) is 8.54. The van der Waals surface area contributed by atoms with Gasteiger partial charge in [-0.05, 0) is 55.6 Å². The second-order valence-electron chi connectivity index (χ2n) is 8.64. The Morgan fingerprint density at radius 2 is 1.91 bits per heavy atom. The molecule has 1 N–H and O–H groups in total. The number of carbonyl (C=O) groups excluding carboxylic acids is 1. The first-order valence-corrected chi connectivity index (χ1v) is 12.5. The molecule has 1 aromatic heterocycles. The van der Waals surface area contributed by atoms with Gasteiger partial charge in [0.05, 0.1) is 5.69 Å². The molecule has 1 fully saturated rings. The fourth-order valence-corrected chi connectivity index (χ4v) is 5.87. The molecule has 0 spiro atoms. The number of rotatable bonds is 5. The second-order valence-corrected chi connectivity index (χ2v) is 10.1. The average Bonchev–Trinajstić information content (AvgIpc) is 3.17. The Bertz CT molecular complexity index is 1120. The van der Waals surface area contributed by atoms with Crippen molar-refractivity contribution in [2.24, 2.45) is 13.0 Å². The highest BCUT2D eigenvalue weighted by molar-refractivity contribution is 7.98. The molecule has 3 aromatic rings. The van der Waals surface area contributed by atoms with Crippen molar-refractivity contribution in [2.45, 2.75) is 30.0 Å². The lowest BCUT2D eigenvalue weighted by Crippen LogP contribution is -2.38. The van der Waals surface area contributed by atoms with Crippen molar-refractivity contribution in [1.82, 2.24) is 20.0 Å². The van der Waals surface area contributed by atoms with Crippen LogP contribution in [-0.2, 0) is 19.3 Å². The van der Waals surface area contributed by atoms with Gasteiger partial charge in [0.2, 0.25) is 0 Å². The highest BCUT2D eigenvalue weighted by Crippen LogP contribution is 2.42. The molecular weight excluding hydrogens is 440 g/mol. The minimum absolute atomic E-state index is 0.0505. The van der Waals surface area contributed by atoms with Gasteiger partial charge in [-0.1, -0.05) is 41.9 Å². The van der Waals surface area contributed by atoms with Crippen LogP contribution in [0.15, 0.2) is 53.4 Å². The van der Waals surface area contributed by atoms with Crippen LogP contribution in [0, 0.1) is 5.92 Å². The minimum Gasteiger partial charge on any atom is -0.350 e. The van der Waals surface area contributed by atoms with Crippen LogP contribution < -0.4 is 5.32 Å². The van der Waals surface area contributed by atoms with E-state index >= 15 is 0 Å². The smallest absolute Gasteiger partial charge is 0.272 e. The summed E-state index contributed by atoms with van der Waals surface area (Å²) >= 11 is 7.76. The number of hydrogen-bond acceptors (Lipinski definition) is 4. The van der Waals surface area contributed by atoms with Crippen LogP contribution in [0.25, 0.3) is 11.3 Å². The molecule has 5 nitrogen and oxygen atoms in total. The third-order valence-corrected chi connectivity index (χ3v) is 7.80. The highest BCUT2D eigenvalue weighted by atomic mass is 35.5. The van der Waals surface area contributed by atoms with E-state index in [9.17, 15) is 4.79 Å². The number of benzene rings is 2. The van der Waals surface area contributed by atoms with Crippen molar-refractivity contribution in [3.63, 3.8) is 0 Å². The maximum absolute atomic E-state index is 13.0. The molecule has 1 saturated heterocycles. The van der Waals surface area contributed by atoms with Crippen molar-refractivity contribution in [1.29, 1.82) is 0 Å². The summed E-state index contributed by atoms with van der Waals surface area (Å²) < 4.78 is 1.86. The summed E-state index contributed by atoms with van der Waals surface area (Å²) in [6.07, 6.45) is 2.19. The Morgan fingerprint density at radius 3 is 2.69 bits per heavy atom. The maximum atomic E-state index is 13.0. The lowest BCUT2D eigenvalue weighted by molar-refractivity contribution is 0.0929. The quantitative estimate of drug-likeness (QED) is 0.575. The fraction of sp³-hybridized carbons (Fsp3) is 0.360. The van der Waals surface area contributed by atoms with E-state index in [1.54, 1.807) is 11.8 Å². The molecule has 2 aliphatic heterocycles. The number of nitrogens with one attached hydrogen (secondary N) is 1. The van der Waals surface area contributed by atoms with Gasteiger partial charge >= 0.3 is 0 Å². The number of likely N-dealkylation sites (tertiary alicyclic amines) is 1. The molecule has 32 heavy (non-hydrogen) atoms. The standard InChI is InChI=1S/C25H27ClN4OS/c1-29-24-20-4-2-3-5-22(20)32-16-21(24)23(28-29)25(31)27-14-17-10-12-30(13-11-17)15-18-6-8-19(26)9-7-18/h2-9,17H,10-16H2,1H3,(H,27,31). The zero-order valence-corrected chi connectivity index (χ0v) is 19.8. The Morgan fingerprint density at radius 1 is 1.16 bits per heavy atom. The van der Waals surface area contributed by atoms with Crippen LogP contribution in [0.2, 0.25) is 5.02 Å². The summed E-state index contributed by atoms with van der Waals surface area (Å²) in [6, 6.07) is 16.4. The lowest BCUT2D eigenvalue weighted by Gasteiger charge is -2.32. The number of piperidine rings is 1. The number of amides is 1. The van der Waals surface area contributed by atoms with E-state index in [-0.39, 0.29) is 5.91 Å². The minimum atomic E-state index is -0.0505. The first-order valence-electron chi connectivity index (χ1n) is 11.1. The molecule has 0 radical (unpaired) electrons. The first kappa shape index (κ1) is 21.6. The van der Waals surface area contributed by atoms with Crippen LogP contribution in [0.4, 0.5) is 0 Å². The van der Waals surface area contributed by atoms with Gasteiger partial charge < -0.3 is 5.32 Å². The van der Waals surface area contributed by atoms with Gasteiger partial charge in [-0.15, -0.1) is 11.8 Å². The first-order chi connectivity index (χ1) is 15.6. The van der Waals surface area contributed by atoms with Gasteiger partial charge in [0.1, 0.15) is 0 Å². The number of fused-ring (bicyclic) bond motifs is 3. The van der Waals surface area contributed by atoms with Gasteiger partial charge in [-0.3, -0.25) is 14.4 Å². The predicted molar refractivity (Wildman–Crippen MR) is 130 cm³/mol. The van der Waals surface area contributed by atoms with Crippen molar-refractivity contribution < 1.29 is 4.79 Å². The van der Waals surface area contributed by atoms with Crippen LogP contribution in [-0.4, -0.2) is 40.2 Å². The second kappa shape index (κ2) is 9.30. The Hall–Kier alpha value is -2.28. The van der Waals surface area contributed by atoms with Crippen LogP contribution in [0.5, 0.6) is 0 Å². The van der Waals surface area contributed by atoms with E-state index in [0.29, 0.717) is 18.2 Å². The third kappa shape index (κ3) is 4.45. The van der Waals surface area contributed by atoms with Gasteiger partial charge in [0.25, 0.3) is 5.91 Å². The summed E-state index contributed by atoms with van der Waals surface area (Å²) in [7, 11) is 1.93. The van der Waals surface area contributed by atoms with Gasteiger partial charge in [0, 0.05) is 46.9 Å². The van der Waals surface area contributed by atoms with Crippen LogP contribution >= 0.6 is 23.4 Å². The van der Waals surface area contributed by atoms with Gasteiger partial charge in [-0.2, -0.15) is 5.10 Å². The van der Waals surface area contributed by atoms with E-state index in [1.807, 2.05) is 29.9 Å². The van der Waals surface area contributed by atoms with E-state index in [1.165, 1.54) is 16.0 Å². The summed E-state index contributed by atoms with van der Waals surface area (Å²) in [5.41, 5.74) is 5.15. The molecule has 0 unspecified atom stereocenters. The fourth-order valence-electron chi connectivity index (χ4n) is 4.68. The molecule has 7 heteroatoms. The van der Waals surface area contributed by atoms with Crippen molar-refractivity contribution in [3.8, 4) is 11.3 Å². The molecule has 0 saturated carbocycles. The van der Waals surface area contributed by atoms with Gasteiger partial charge in [0.15, 0.2) is 5.69 Å². The zero-order chi connectivity index (χ0) is 22.1. The topological polar surface area (TPSA) is 50.2 Å². The number of thioether (sulfide) groups is 1. The molecule has 0 aliphatic carbocycles. The number of halogens is 1. The van der Waals surface area contributed by atoms with Crippen LogP contribution in [0.3, 0.4) is 0 Å². The highest BCUT2D eigenvalue weighted by Gasteiger charge is 2.28. The maximum Gasteiger partial charge on any atom is 0.272 e. The van der Waals surface area contributed by atoms with E-state index in [4.69, 9.17) is 11.6 Å². The number of hydrogen-bond donors (Lipinski definition) is 1. The average molecular weight is 467 g/mol. The predicted octanol–water partition coefficient (Wildman–Crippen LogP) is 4.99. The largest absolute Gasteiger partial charge is 0.350 e. The number of nitrogens with zero attached hydrogens (tertiary/aromatic N) is 3. The molecule has 2 aliphatic rings. The van der Waals surface area contributed by atoms with Crippen LogP contribution in [0.1, 0.15) is 34.5 Å².